The largest absolute Gasteiger partial charge is 0.333 e. The molecule has 0 fully saturated rings. The number of carbonyl (C=O) groups is 1. The number of carbonyl (C=O) groups excluding carboxylic acids is 1. The van der Waals surface area contributed by atoms with E-state index in [0.717, 1.165) is 22.1 Å². The molecule has 4 aromatic rings. The SMILES string of the molecule is Cc1cccc(-c2cccc(CNC(=O)NNc3ccc4c(=O)[nH]ccc4c3)c2)c1. The molecule has 0 atom stereocenters. The Bertz CT molecular complexity index is 1260. The van der Waals surface area contributed by atoms with Gasteiger partial charge in [0.1, 0.15) is 0 Å². The first-order valence-corrected chi connectivity index (χ1v) is 9.66. The van der Waals surface area contributed by atoms with E-state index in [1.165, 1.54) is 5.56 Å². The maximum Gasteiger partial charge on any atom is 0.333 e. The molecule has 30 heavy (non-hydrogen) atoms. The van der Waals surface area contributed by atoms with Gasteiger partial charge in [-0.2, -0.15) is 0 Å². The fourth-order valence-corrected chi connectivity index (χ4v) is 3.31. The first kappa shape index (κ1) is 19.3. The van der Waals surface area contributed by atoms with Crippen LogP contribution in [0.4, 0.5) is 10.5 Å². The molecule has 4 N–H and O–H groups in total. The normalized spacial score (nSPS) is 10.6. The first-order valence-electron chi connectivity index (χ1n) is 9.66. The quantitative estimate of drug-likeness (QED) is 0.378. The maximum atomic E-state index is 12.2. The molecule has 0 aliphatic heterocycles. The van der Waals surface area contributed by atoms with Gasteiger partial charge in [0.15, 0.2) is 0 Å². The predicted molar refractivity (Wildman–Crippen MR) is 120 cm³/mol. The van der Waals surface area contributed by atoms with Crippen LogP contribution in [0.15, 0.2) is 83.8 Å². The molecule has 6 heteroatoms. The van der Waals surface area contributed by atoms with Gasteiger partial charge in [-0.05, 0) is 59.3 Å². The Labute approximate surface area is 173 Å². The summed E-state index contributed by atoms with van der Waals surface area (Å²) < 4.78 is 0. The second-order valence-corrected chi connectivity index (χ2v) is 7.11. The molecule has 0 radical (unpaired) electrons. The van der Waals surface area contributed by atoms with Gasteiger partial charge in [0.05, 0.1) is 5.69 Å². The third kappa shape index (κ3) is 4.50. The van der Waals surface area contributed by atoms with Crippen molar-refractivity contribution in [1.82, 2.24) is 15.7 Å². The van der Waals surface area contributed by atoms with Crippen molar-refractivity contribution in [3.05, 3.63) is 100 Å². The summed E-state index contributed by atoms with van der Waals surface area (Å²) in [6.07, 6.45) is 1.60. The lowest BCUT2D eigenvalue weighted by Gasteiger charge is -2.11. The molecule has 0 spiro atoms. The van der Waals surface area contributed by atoms with E-state index in [1.807, 2.05) is 24.3 Å². The number of aromatic nitrogens is 1. The number of pyridine rings is 1. The van der Waals surface area contributed by atoms with Gasteiger partial charge in [0.2, 0.25) is 0 Å². The Morgan fingerprint density at radius 3 is 2.57 bits per heavy atom. The third-order valence-electron chi connectivity index (χ3n) is 4.83. The predicted octanol–water partition coefficient (Wildman–Crippen LogP) is 4.33. The Kier molecular flexibility index (Phi) is 5.48. The van der Waals surface area contributed by atoms with E-state index < -0.39 is 0 Å². The fourth-order valence-electron chi connectivity index (χ4n) is 3.31. The van der Waals surface area contributed by atoms with Crippen molar-refractivity contribution in [1.29, 1.82) is 0 Å². The van der Waals surface area contributed by atoms with Crippen LogP contribution in [0, 0.1) is 6.92 Å². The minimum absolute atomic E-state index is 0.141. The number of urea groups is 1. The monoisotopic (exact) mass is 398 g/mol. The van der Waals surface area contributed by atoms with Gasteiger partial charge in [-0.3, -0.25) is 15.6 Å². The molecule has 0 saturated heterocycles. The summed E-state index contributed by atoms with van der Waals surface area (Å²) in [5.41, 5.74) is 10.5. The van der Waals surface area contributed by atoms with Gasteiger partial charge in [0.25, 0.3) is 5.56 Å². The summed E-state index contributed by atoms with van der Waals surface area (Å²) in [7, 11) is 0. The minimum atomic E-state index is -0.345. The van der Waals surface area contributed by atoms with Crippen molar-refractivity contribution in [3.63, 3.8) is 0 Å². The number of nitrogens with one attached hydrogen (secondary N) is 4. The number of anilines is 1. The number of aromatic amines is 1. The van der Waals surface area contributed by atoms with Crippen molar-refractivity contribution in [2.75, 3.05) is 5.43 Å². The van der Waals surface area contributed by atoms with E-state index in [9.17, 15) is 9.59 Å². The molecular weight excluding hydrogens is 376 g/mol. The molecular formula is C24H22N4O2. The summed E-state index contributed by atoms with van der Waals surface area (Å²) in [5.74, 6) is 0. The molecule has 0 bridgehead atoms. The van der Waals surface area contributed by atoms with E-state index >= 15 is 0 Å². The molecule has 2 amide bonds. The number of fused-ring (bicyclic) bond motifs is 1. The topological polar surface area (TPSA) is 86.0 Å². The lowest BCUT2D eigenvalue weighted by molar-refractivity contribution is 0.242. The van der Waals surface area contributed by atoms with Crippen LogP contribution in [-0.4, -0.2) is 11.0 Å². The average Bonchev–Trinajstić information content (AvgIpc) is 2.76. The summed E-state index contributed by atoms with van der Waals surface area (Å²) >= 11 is 0. The van der Waals surface area contributed by atoms with Crippen molar-refractivity contribution in [2.45, 2.75) is 13.5 Å². The number of hydrogen-bond donors (Lipinski definition) is 4. The van der Waals surface area contributed by atoms with Crippen LogP contribution in [0.25, 0.3) is 21.9 Å². The molecule has 0 saturated carbocycles. The van der Waals surface area contributed by atoms with E-state index in [4.69, 9.17) is 0 Å². The molecule has 4 rings (SSSR count). The first-order chi connectivity index (χ1) is 14.6. The second kappa shape index (κ2) is 8.53. The number of rotatable bonds is 5. The van der Waals surface area contributed by atoms with Gasteiger partial charge >= 0.3 is 6.03 Å². The number of amides is 2. The van der Waals surface area contributed by atoms with Gasteiger partial charge < -0.3 is 10.3 Å². The standard InChI is InChI=1S/C24H22N4O2/c1-16-4-2-6-18(12-16)19-7-3-5-17(13-19)15-26-24(30)28-27-21-8-9-22-20(14-21)10-11-25-23(22)29/h2-14,27H,15H2,1H3,(H,25,29)(H2,26,28,30). The summed E-state index contributed by atoms with van der Waals surface area (Å²) in [4.78, 5) is 26.6. The number of hydrogen-bond acceptors (Lipinski definition) is 3. The number of hydrazine groups is 1. The molecule has 0 unspecified atom stereocenters. The van der Waals surface area contributed by atoms with Gasteiger partial charge in [0, 0.05) is 18.1 Å². The Morgan fingerprint density at radius 2 is 1.73 bits per heavy atom. The molecule has 3 aromatic carbocycles. The highest BCUT2D eigenvalue weighted by atomic mass is 16.2. The minimum Gasteiger partial charge on any atom is -0.333 e. The van der Waals surface area contributed by atoms with Crippen LogP contribution < -0.4 is 21.7 Å². The van der Waals surface area contributed by atoms with Crippen LogP contribution in [0.1, 0.15) is 11.1 Å². The number of benzene rings is 3. The summed E-state index contributed by atoms with van der Waals surface area (Å²) in [6.45, 7) is 2.47. The maximum absolute atomic E-state index is 12.2. The van der Waals surface area contributed by atoms with Crippen molar-refractivity contribution in [3.8, 4) is 11.1 Å². The second-order valence-electron chi connectivity index (χ2n) is 7.11. The van der Waals surface area contributed by atoms with Crippen molar-refractivity contribution < 1.29 is 4.79 Å². The molecule has 150 valence electrons. The van der Waals surface area contributed by atoms with Gasteiger partial charge in [-0.1, -0.05) is 48.0 Å². The highest BCUT2D eigenvalue weighted by molar-refractivity contribution is 5.85. The van der Waals surface area contributed by atoms with Gasteiger partial charge in [-0.25, -0.2) is 4.79 Å². The lowest BCUT2D eigenvalue weighted by Crippen LogP contribution is -2.38. The zero-order chi connectivity index (χ0) is 20.9. The zero-order valence-electron chi connectivity index (χ0n) is 16.5. The van der Waals surface area contributed by atoms with E-state index in [2.05, 4.69) is 58.4 Å². The van der Waals surface area contributed by atoms with Gasteiger partial charge in [-0.15, -0.1) is 0 Å². The van der Waals surface area contributed by atoms with E-state index in [1.54, 1.807) is 24.4 Å². The highest BCUT2D eigenvalue weighted by Gasteiger charge is 2.04. The van der Waals surface area contributed by atoms with Crippen LogP contribution in [-0.2, 0) is 6.54 Å². The average molecular weight is 398 g/mol. The highest BCUT2D eigenvalue weighted by Crippen LogP contribution is 2.21. The van der Waals surface area contributed by atoms with E-state index in [-0.39, 0.29) is 11.6 Å². The molecule has 1 heterocycles. The zero-order valence-corrected chi connectivity index (χ0v) is 16.5. The Balaban J connectivity index is 1.35. The number of aryl methyl sites for hydroxylation is 1. The van der Waals surface area contributed by atoms with Crippen LogP contribution in [0.5, 0.6) is 0 Å². The van der Waals surface area contributed by atoms with Crippen LogP contribution in [0.3, 0.4) is 0 Å². The summed E-state index contributed by atoms with van der Waals surface area (Å²) in [5, 5.41) is 4.23. The molecule has 1 aromatic heterocycles. The third-order valence-corrected chi connectivity index (χ3v) is 4.83. The Hall–Kier alpha value is -4.06. The smallest absolute Gasteiger partial charge is 0.333 e. The molecule has 0 aliphatic carbocycles. The molecule has 6 nitrogen and oxygen atoms in total. The van der Waals surface area contributed by atoms with Crippen molar-refractivity contribution in [2.24, 2.45) is 0 Å². The number of H-pyrrole nitrogens is 1. The van der Waals surface area contributed by atoms with Crippen molar-refractivity contribution >= 4 is 22.5 Å². The Morgan fingerprint density at radius 1 is 0.933 bits per heavy atom. The van der Waals surface area contributed by atoms with E-state index in [0.29, 0.717) is 17.6 Å². The molecule has 0 aliphatic rings. The lowest BCUT2D eigenvalue weighted by atomic mass is 10.0. The van der Waals surface area contributed by atoms with Crippen LogP contribution >= 0.6 is 0 Å². The fraction of sp³-hybridized carbons (Fsp3) is 0.0833. The van der Waals surface area contributed by atoms with Crippen LogP contribution in [0.2, 0.25) is 0 Å². The summed E-state index contributed by atoms with van der Waals surface area (Å²) in [6, 6.07) is 23.1.